The summed E-state index contributed by atoms with van der Waals surface area (Å²) in [5.74, 6) is -0.000600. The highest BCUT2D eigenvalue weighted by Gasteiger charge is 2.53. The van der Waals surface area contributed by atoms with Crippen molar-refractivity contribution in [1.29, 1.82) is 0 Å². The number of fused-ring (bicyclic) bond motifs is 24. The van der Waals surface area contributed by atoms with Gasteiger partial charge < -0.3 is 4.42 Å². The van der Waals surface area contributed by atoms with Gasteiger partial charge in [0.05, 0.1) is 10.8 Å². The van der Waals surface area contributed by atoms with Crippen molar-refractivity contribution in [3.63, 3.8) is 0 Å². The lowest BCUT2D eigenvalue weighted by Gasteiger charge is -2.30. The summed E-state index contributed by atoms with van der Waals surface area (Å²) < 4.78 is 6.89. The maximum atomic E-state index is 14.8. The predicted octanol–water partition coefficient (Wildman–Crippen LogP) is 13.5. The second kappa shape index (κ2) is 10.9. The fourth-order valence-corrected chi connectivity index (χ4v) is 12.0. The molecule has 2 heteroatoms. The van der Waals surface area contributed by atoms with E-state index in [1.54, 1.807) is 0 Å². The average Bonchev–Trinajstić information content (AvgIpc) is 4.07. The molecule has 0 radical (unpaired) electrons. The fraction of sp³-hybridized carbons (Fsp3) is 0.0351. The Kier molecular flexibility index (Phi) is 5.82. The van der Waals surface area contributed by atoms with Crippen LogP contribution in [0, 0.1) is 0 Å². The SMILES string of the molecule is O=C(c1ccc2c(c1)C1(c3ccccc3-c3ccccc31)c1ccccc1-2)c1ccc2oc3c4c(ccc3c2c1)C1(c2ccccc2-c2ccccc21)c1ccccc1-4. The number of furan rings is 1. The summed E-state index contributed by atoms with van der Waals surface area (Å²) >= 11 is 0. The lowest BCUT2D eigenvalue weighted by molar-refractivity contribution is 0.103. The zero-order chi connectivity index (χ0) is 38.6. The second-order valence-electron chi connectivity index (χ2n) is 16.5. The zero-order valence-corrected chi connectivity index (χ0v) is 31.8. The Morgan fingerprint density at radius 3 is 1.27 bits per heavy atom. The summed E-state index contributed by atoms with van der Waals surface area (Å²) in [6, 6.07) is 69.8. The van der Waals surface area contributed by atoms with Crippen LogP contribution in [0.5, 0.6) is 0 Å². The van der Waals surface area contributed by atoms with Gasteiger partial charge in [0.1, 0.15) is 11.2 Å². The van der Waals surface area contributed by atoms with E-state index in [0.717, 1.165) is 33.1 Å². The number of hydrogen-bond acceptors (Lipinski definition) is 2. The van der Waals surface area contributed by atoms with Crippen LogP contribution in [0.4, 0.5) is 0 Å². The van der Waals surface area contributed by atoms with Gasteiger partial charge in [0.25, 0.3) is 0 Å². The number of hydrogen-bond donors (Lipinski definition) is 0. The number of benzene rings is 9. The molecular formula is C57H32O2. The lowest BCUT2D eigenvalue weighted by atomic mass is 9.70. The Morgan fingerprint density at radius 2 is 0.746 bits per heavy atom. The van der Waals surface area contributed by atoms with E-state index in [1.165, 1.54) is 77.9 Å². The summed E-state index contributed by atoms with van der Waals surface area (Å²) in [7, 11) is 0. The minimum absolute atomic E-state index is 0.000600. The summed E-state index contributed by atoms with van der Waals surface area (Å²) in [5.41, 5.74) is 21.9. The Hall–Kier alpha value is -7.55. The number of carbonyl (C=O) groups excluding carboxylic acids is 1. The maximum absolute atomic E-state index is 14.8. The molecule has 1 aromatic heterocycles. The lowest BCUT2D eigenvalue weighted by Crippen LogP contribution is -2.26. The van der Waals surface area contributed by atoms with Gasteiger partial charge in [0, 0.05) is 27.5 Å². The Morgan fingerprint density at radius 1 is 0.339 bits per heavy atom. The van der Waals surface area contributed by atoms with Crippen LogP contribution in [0.2, 0.25) is 0 Å². The van der Waals surface area contributed by atoms with Crippen molar-refractivity contribution in [3.8, 4) is 44.5 Å². The summed E-state index contributed by atoms with van der Waals surface area (Å²) in [4.78, 5) is 14.8. The molecule has 0 fully saturated rings. The van der Waals surface area contributed by atoms with E-state index in [9.17, 15) is 4.79 Å². The van der Waals surface area contributed by atoms with E-state index in [-0.39, 0.29) is 5.78 Å². The van der Waals surface area contributed by atoms with Crippen LogP contribution in [-0.2, 0) is 10.8 Å². The quantitative estimate of drug-likeness (QED) is 0.165. The van der Waals surface area contributed by atoms with E-state index in [1.807, 2.05) is 24.3 Å². The number of carbonyl (C=O) groups is 1. The van der Waals surface area contributed by atoms with E-state index in [2.05, 4.69) is 170 Å². The maximum Gasteiger partial charge on any atom is 0.193 e. The number of rotatable bonds is 2. The molecule has 0 amide bonds. The molecule has 0 atom stereocenters. The van der Waals surface area contributed by atoms with Gasteiger partial charge >= 0.3 is 0 Å². The van der Waals surface area contributed by atoms with E-state index < -0.39 is 10.8 Å². The van der Waals surface area contributed by atoms with Gasteiger partial charge in [-0.1, -0.05) is 170 Å². The molecule has 0 bridgehead atoms. The molecule has 59 heavy (non-hydrogen) atoms. The van der Waals surface area contributed by atoms with Gasteiger partial charge in [-0.15, -0.1) is 0 Å². The van der Waals surface area contributed by atoms with Gasteiger partial charge in [0.15, 0.2) is 5.78 Å². The molecule has 0 saturated carbocycles. The van der Waals surface area contributed by atoms with Gasteiger partial charge in [0.2, 0.25) is 0 Å². The van der Waals surface area contributed by atoms with Crippen LogP contribution in [0.3, 0.4) is 0 Å². The third-order valence-corrected chi connectivity index (χ3v) is 14.1. The predicted molar refractivity (Wildman–Crippen MR) is 236 cm³/mol. The molecule has 0 aliphatic heterocycles. The smallest absolute Gasteiger partial charge is 0.193 e. The molecule has 4 aliphatic carbocycles. The Balaban J connectivity index is 0.947. The normalized spacial score (nSPS) is 14.8. The molecule has 9 aromatic carbocycles. The van der Waals surface area contributed by atoms with Crippen LogP contribution in [-0.4, -0.2) is 5.78 Å². The molecule has 2 spiro atoms. The summed E-state index contributed by atoms with van der Waals surface area (Å²) in [5, 5.41) is 1.96. The molecule has 0 saturated heterocycles. The van der Waals surface area contributed by atoms with Crippen LogP contribution in [0.25, 0.3) is 66.4 Å². The van der Waals surface area contributed by atoms with Crippen LogP contribution in [0.15, 0.2) is 199 Å². The molecule has 0 unspecified atom stereocenters. The first-order valence-corrected chi connectivity index (χ1v) is 20.5. The fourth-order valence-electron chi connectivity index (χ4n) is 12.0. The molecule has 10 aromatic rings. The third-order valence-electron chi connectivity index (χ3n) is 14.1. The molecule has 1 heterocycles. The van der Waals surface area contributed by atoms with E-state index >= 15 is 0 Å². The minimum Gasteiger partial charge on any atom is -0.455 e. The van der Waals surface area contributed by atoms with Gasteiger partial charge in [-0.25, -0.2) is 0 Å². The molecular weight excluding hydrogens is 717 g/mol. The molecule has 14 rings (SSSR count). The van der Waals surface area contributed by atoms with Crippen LogP contribution >= 0.6 is 0 Å². The monoisotopic (exact) mass is 748 g/mol. The van der Waals surface area contributed by atoms with Crippen molar-refractivity contribution in [2.45, 2.75) is 10.8 Å². The molecule has 0 N–H and O–H groups in total. The number of ketones is 1. The largest absolute Gasteiger partial charge is 0.455 e. The van der Waals surface area contributed by atoms with Crippen molar-refractivity contribution < 1.29 is 9.21 Å². The van der Waals surface area contributed by atoms with Gasteiger partial charge in [-0.3, -0.25) is 4.79 Å². The van der Waals surface area contributed by atoms with Crippen molar-refractivity contribution in [2.75, 3.05) is 0 Å². The highest BCUT2D eigenvalue weighted by molar-refractivity contribution is 6.17. The summed E-state index contributed by atoms with van der Waals surface area (Å²) in [6.07, 6.45) is 0. The first-order valence-electron chi connectivity index (χ1n) is 20.5. The van der Waals surface area contributed by atoms with Gasteiger partial charge in [-0.05, 0) is 108 Å². The molecule has 2 nitrogen and oxygen atoms in total. The van der Waals surface area contributed by atoms with Gasteiger partial charge in [-0.2, -0.15) is 0 Å². The first kappa shape index (κ1) is 31.5. The topological polar surface area (TPSA) is 30.2 Å². The minimum atomic E-state index is -0.505. The average molecular weight is 749 g/mol. The Bertz CT molecular complexity index is 3430. The molecule has 272 valence electrons. The highest BCUT2D eigenvalue weighted by Crippen LogP contribution is 2.65. The Labute approximate surface area is 340 Å². The van der Waals surface area contributed by atoms with Crippen molar-refractivity contribution in [2.24, 2.45) is 0 Å². The summed E-state index contributed by atoms with van der Waals surface area (Å²) in [6.45, 7) is 0. The van der Waals surface area contributed by atoms with Crippen LogP contribution < -0.4 is 0 Å². The molecule has 4 aliphatic rings. The van der Waals surface area contributed by atoms with Crippen molar-refractivity contribution in [1.82, 2.24) is 0 Å². The standard InChI is InChI=1S/C57H32O2/c58-54(34-25-27-40-39-17-5-11-23-48(39)57(51(40)32-34)46-21-9-3-15-37(46)38-16-4-10-22-47(38)57)33-26-30-52-43(31-33)41-28-29-50-53(55(41)59-52)42-18-6-12-24-49(42)56(50)44-19-7-1-13-35(44)36-14-2-8-20-45(36)56/h1-32H. The second-order valence-corrected chi connectivity index (χ2v) is 16.5. The zero-order valence-electron chi connectivity index (χ0n) is 31.8. The van der Waals surface area contributed by atoms with Crippen molar-refractivity contribution in [3.05, 3.63) is 250 Å². The van der Waals surface area contributed by atoms with E-state index in [0.29, 0.717) is 11.1 Å². The van der Waals surface area contributed by atoms with Crippen LogP contribution in [0.1, 0.15) is 60.4 Å². The van der Waals surface area contributed by atoms with E-state index in [4.69, 9.17) is 4.42 Å². The first-order chi connectivity index (χ1) is 29.2. The highest BCUT2D eigenvalue weighted by atomic mass is 16.3. The van der Waals surface area contributed by atoms with Crippen molar-refractivity contribution >= 4 is 27.7 Å². The third kappa shape index (κ3) is 3.60.